The van der Waals surface area contributed by atoms with Crippen LogP contribution in [-0.4, -0.2) is 23.1 Å². The molecule has 1 N–H and O–H groups in total. The summed E-state index contributed by atoms with van der Waals surface area (Å²) in [5, 5.41) is 3.26. The Morgan fingerprint density at radius 2 is 2.32 bits per heavy atom. The number of hydrogen-bond donors (Lipinski definition) is 1. The molecule has 1 aromatic heterocycles. The number of esters is 1. The Labute approximate surface area is 114 Å². The van der Waals surface area contributed by atoms with Gasteiger partial charge in [0.25, 0.3) is 0 Å². The van der Waals surface area contributed by atoms with Gasteiger partial charge < -0.3 is 4.74 Å². The van der Waals surface area contributed by atoms with Gasteiger partial charge in [0.1, 0.15) is 5.60 Å². The molecule has 4 heteroatoms. The highest BCUT2D eigenvalue weighted by Gasteiger charge is 2.22. The van der Waals surface area contributed by atoms with E-state index in [1.54, 1.807) is 0 Å². The minimum absolute atomic E-state index is 0.164. The maximum absolute atomic E-state index is 11.7. The Bertz CT molecular complexity index is 452. The Balaban J connectivity index is 1.93. The number of nitrogens with zero attached hydrogens (tertiary/aromatic N) is 1. The van der Waals surface area contributed by atoms with Crippen LogP contribution in [0.15, 0.2) is 18.3 Å². The standard InChI is InChI=1S/C15H22N2O2/c1-15(2,3)19-13(18)10-17-12-8-4-6-11-7-5-9-16-14(11)12/h5,7,9,12,17H,4,6,8,10H2,1-3H3. The Hall–Kier alpha value is -1.42. The average Bonchev–Trinajstić information content (AvgIpc) is 2.34. The van der Waals surface area contributed by atoms with Gasteiger partial charge in [0.05, 0.1) is 18.3 Å². The molecule has 0 aromatic carbocycles. The Morgan fingerprint density at radius 3 is 3.05 bits per heavy atom. The number of pyridine rings is 1. The van der Waals surface area contributed by atoms with E-state index in [4.69, 9.17) is 4.74 Å². The van der Waals surface area contributed by atoms with Gasteiger partial charge in [-0.05, 0) is 51.7 Å². The highest BCUT2D eigenvalue weighted by molar-refractivity contribution is 5.72. The molecule has 0 aliphatic heterocycles. The fourth-order valence-corrected chi connectivity index (χ4v) is 2.39. The van der Waals surface area contributed by atoms with Crippen molar-refractivity contribution in [1.82, 2.24) is 10.3 Å². The van der Waals surface area contributed by atoms with E-state index in [1.807, 2.05) is 33.0 Å². The summed E-state index contributed by atoms with van der Waals surface area (Å²) < 4.78 is 5.29. The molecule has 0 amide bonds. The van der Waals surface area contributed by atoms with Crippen molar-refractivity contribution in [2.45, 2.75) is 51.7 Å². The van der Waals surface area contributed by atoms with Crippen LogP contribution in [0, 0.1) is 0 Å². The van der Waals surface area contributed by atoms with Crippen LogP contribution >= 0.6 is 0 Å². The molecule has 1 atom stereocenters. The largest absolute Gasteiger partial charge is 0.459 e. The number of rotatable bonds is 3. The van der Waals surface area contributed by atoms with Crippen LogP contribution in [0.3, 0.4) is 0 Å². The van der Waals surface area contributed by atoms with Gasteiger partial charge in [-0.2, -0.15) is 0 Å². The Kier molecular flexibility index (Phi) is 4.20. The van der Waals surface area contributed by atoms with Crippen molar-refractivity contribution >= 4 is 5.97 Å². The monoisotopic (exact) mass is 262 g/mol. The third-order valence-electron chi connectivity index (χ3n) is 3.11. The molecule has 0 spiro atoms. The molecule has 2 rings (SSSR count). The number of aryl methyl sites for hydroxylation is 1. The number of fused-ring (bicyclic) bond motifs is 1. The van der Waals surface area contributed by atoms with E-state index in [9.17, 15) is 4.79 Å². The molecule has 104 valence electrons. The van der Waals surface area contributed by atoms with Crippen molar-refractivity contribution in [2.24, 2.45) is 0 Å². The second kappa shape index (κ2) is 5.70. The number of carbonyl (C=O) groups excluding carboxylic acids is 1. The molecule has 1 heterocycles. The summed E-state index contributed by atoms with van der Waals surface area (Å²) in [6.07, 6.45) is 5.04. The molecule has 1 aromatic rings. The smallest absolute Gasteiger partial charge is 0.320 e. The van der Waals surface area contributed by atoms with E-state index >= 15 is 0 Å². The first-order chi connectivity index (χ1) is 8.96. The number of hydrogen-bond acceptors (Lipinski definition) is 4. The molecule has 1 aliphatic rings. The number of aromatic nitrogens is 1. The lowest BCUT2D eigenvalue weighted by Gasteiger charge is -2.26. The molecule has 1 aliphatic carbocycles. The van der Waals surface area contributed by atoms with Gasteiger partial charge in [-0.3, -0.25) is 15.1 Å². The predicted octanol–water partition coefficient (Wildman–Crippen LogP) is 2.39. The highest BCUT2D eigenvalue weighted by Crippen LogP contribution is 2.27. The first-order valence-corrected chi connectivity index (χ1v) is 6.85. The van der Waals surface area contributed by atoms with Gasteiger partial charge in [-0.15, -0.1) is 0 Å². The molecule has 0 saturated carbocycles. The van der Waals surface area contributed by atoms with Crippen LogP contribution < -0.4 is 5.32 Å². The predicted molar refractivity (Wildman–Crippen MR) is 73.8 cm³/mol. The summed E-state index contributed by atoms with van der Waals surface area (Å²) in [5.74, 6) is -0.212. The fraction of sp³-hybridized carbons (Fsp3) is 0.600. The number of nitrogens with one attached hydrogen (secondary N) is 1. The van der Waals surface area contributed by atoms with Crippen molar-refractivity contribution in [3.05, 3.63) is 29.6 Å². The van der Waals surface area contributed by atoms with Crippen LogP contribution in [0.4, 0.5) is 0 Å². The summed E-state index contributed by atoms with van der Waals surface area (Å²) in [6, 6.07) is 4.25. The fourth-order valence-electron chi connectivity index (χ4n) is 2.39. The van der Waals surface area contributed by atoms with Crippen molar-refractivity contribution in [3.63, 3.8) is 0 Å². The number of carbonyl (C=O) groups is 1. The van der Waals surface area contributed by atoms with Crippen molar-refractivity contribution in [2.75, 3.05) is 6.54 Å². The molecule has 0 fully saturated rings. The van der Waals surface area contributed by atoms with E-state index in [1.165, 1.54) is 5.56 Å². The zero-order valence-corrected chi connectivity index (χ0v) is 11.9. The second-order valence-electron chi connectivity index (χ2n) is 5.96. The summed E-state index contributed by atoms with van der Waals surface area (Å²) in [6.45, 7) is 5.87. The molecular formula is C15H22N2O2. The minimum atomic E-state index is -0.429. The lowest BCUT2D eigenvalue weighted by molar-refractivity contribution is -0.153. The second-order valence-corrected chi connectivity index (χ2v) is 5.96. The molecule has 4 nitrogen and oxygen atoms in total. The number of ether oxygens (including phenoxy) is 1. The molecular weight excluding hydrogens is 240 g/mol. The van der Waals surface area contributed by atoms with Crippen LogP contribution in [0.1, 0.15) is 50.9 Å². The SMILES string of the molecule is CC(C)(C)OC(=O)CNC1CCCc2cccnc21. The van der Waals surface area contributed by atoms with Crippen LogP contribution in [0.25, 0.3) is 0 Å². The Morgan fingerprint density at radius 1 is 1.53 bits per heavy atom. The van der Waals surface area contributed by atoms with E-state index in [-0.39, 0.29) is 18.6 Å². The first-order valence-electron chi connectivity index (χ1n) is 6.85. The highest BCUT2D eigenvalue weighted by atomic mass is 16.6. The van der Waals surface area contributed by atoms with Gasteiger partial charge in [0.15, 0.2) is 0 Å². The van der Waals surface area contributed by atoms with Gasteiger partial charge in [0.2, 0.25) is 0 Å². The topological polar surface area (TPSA) is 51.2 Å². The van der Waals surface area contributed by atoms with Crippen LogP contribution in [0.2, 0.25) is 0 Å². The third kappa shape index (κ3) is 4.03. The van der Waals surface area contributed by atoms with E-state index in [0.29, 0.717) is 0 Å². The third-order valence-corrected chi connectivity index (χ3v) is 3.11. The quantitative estimate of drug-likeness (QED) is 0.850. The maximum Gasteiger partial charge on any atom is 0.320 e. The first kappa shape index (κ1) is 14.0. The van der Waals surface area contributed by atoms with Crippen molar-refractivity contribution in [3.8, 4) is 0 Å². The zero-order chi connectivity index (χ0) is 13.9. The van der Waals surface area contributed by atoms with Crippen LogP contribution in [-0.2, 0) is 16.0 Å². The normalized spacial score (nSPS) is 18.8. The lowest BCUT2D eigenvalue weighted by atomic mass is 9.92. The van der Waals surface area contributed by atoms with Crippen LogP contribution in [0.5, 0.6) is 0 Å². The molecule has 19 heavy (non-hydrogen) atoms. The average molecular weight is 262 g/mol. The molecule has 0 bridgehead atoms. The van der Waals surface area contributed by atoms with Crippen molar-refractivity contribution < 1.29 is 9.53 Å². The molecule has 0 saturated heterocycles. The van der Waals surface area contributed by atoms with E-state index < -0.39 is 5.60 Å². The van der Waals surface area contributed by atoms with Gasteiger partial charge >= 0.3 is 5.97 Å². The van der Waals surface area contributed by atoms with E-state index in [0.717, 1.165) is 25.0 Å². The summed E-state index contributed by atoms with van der Waals surface area (Å²) in [4.78, 5) is 16.1. The zero-order valence-electron chi connectivity index (χ0n) is 11.9. The van der Waals surface area contributed by atoms with Gasteiger partial charge in [0, 0.05) is 6.20 Å². The van der Waals surface area contributed by atoms with Crippen molar-refractivity contribution in [1.29, 1.82) is 0 Å². The summed E-state index contributed by atoms with van der Waals surface area (Å²) in [7, 11) is 0. The van der Waals surface area contributed by atoms with Gasteiger partial charge in [-0.1, -0.05) is 6.07 Å². The molecule has 0 radical (unpaired) electrons. The molecule has 1 unspecified atom stereocenters. The van der Waals surface area contributed by atoms with Gasteiger partial charge in [-0.25, -0.2) is 0 Å². The maximum atomic E-state index is 11.7. The summed E-state index contributed by atoms with van der Waals surface area (Å²) in [5.41, 5.74) is 1.94. The van der Waals surface area contributed by atoms with E-state index in [2.05, 4.69) is 16.4 Å². The summed E-state index contributed by atoms with van der Waals surface area (Å²) >= 11 is 0. The minimum Gasteiger partial charge on any atom is -0.459 e. The lowest BCUT2D eigenvalue weighted by Crippen LogP contribution is -2.35.